The predicted molar refractivity (Wildman–Crippen MR) is 119 cm³/mol. The first-order valence-corrected chi connectivity index (χ1v) is 11.6. The van der Waals surface area contributed by atoms with Crippen LogP contribution in [0.2, 0.25) is 0 Å². The Hall–Kier alpha value is -2.85. The number of carbonyl (C=O) groups is 1. The van der Waals surface area contributed by atoms with Gasteiger partial charge in [-0.1, -0.05) is 23.4 Å². The topological polar surface area (TPSA) is 62.5 Å². The van der Waals surface area contributed by atoms with Crippen LogP contribution in [0.25, 0.3) is 11.4 Å². The van der Waals surface area contributed by atoms with E-state index in [1.165, 1.54) is 12.1 Å². The average molecular weight is 477 g/mol. The van der Waals surface area contributed by atoms with Crippen molar-refractivity contribution in [3.63, 3.8) is 0 Å². The Labute approximate surface area is 193 Å². The van der Waals surface area contributed by atoms with E-state index in [0.717, 1.165) is 28.2 Å². The number of rotatable bonds is 5. The summed E-state index contributed by atoms with van der Waals surface area (Å²) in [5.41, 5.74) is 1.16. The molecule has 0 radical (unpaired) electrons. The first-order chi connectivity index (χ1) is 15.7. The molecule has 4 rings (SSSR count). The maximum atomic E-state index is 13.0. The third-order valence-corrected chi connectivity index (χ3v) is 6.34. The molecule has 1 aliphatic rings. The summed E-state index contributed by atoms with van der Waals surface area (Å²) < 4.78 is 44.1. The van der Waals surface area contributed by atoms with Crippen LogP contribution in [0.5, 0.6) is 0 Å². The molecule has 1 saturated heterocycles. The van der Waals surface area contributed by atoms with Crippen molar-refractivity contribution < 1.29 is 22.5 Å². The minimum Gasteiger partial charge on any atom is -0.338 e. The van der Waals surface area contributed by atoms with E-state index in [-0.39, 0.29) is 17.3 Å². The highest BCUT2D eigenvalue weighted by atomic mass is 32.2. The van der Waals surface area contributed by atoms with Gasteiger partial charge in [-0.3, -0.25) is 9.69 Å². The SMILES string of the molecule is CSc1ccc(C)c(C(=O)N2CCN(Cc3nc(-c4cccc(C(F)(F)F)c4)no3)CC2)c1. The lowest BCUT2D eigenvalue weighted by atomic mass is 10.1. The van der Waals surface area contributed by atoms with Gasteiger partial charge in [-0.2, -0.15) is 18.2 Å². The fraction of sp³-hybridized carbons (Fsp3) is 0.348. The second-order valence-corrected chi connectivity index (χ2v) is 8.72. The first-order valence-electron chi connectivity index (χ1n) is 10.4. The summed E-state index contributed by atoms with van der Waals surface area (Å²) in [4.78, 5) is 22.2. The predicted octanol–water partition coefficient (Wildman–Crippen LogP) is 4.74. The summed E-state index contributed by atoms with van der Waals surface area (Å²) in [5.74, 6) is 0.465. The van der Waals surface area contributed by atoms with Crippen LogP contribution in [0.3, 0.4) is 0 Å². The Bertz CT molecular complexity index is 1140. The maximum Gasteiger partial charge on any atom is 0.416 e. The largest absolute Gasteiger partial charge is 0.416 e. The zero-order chi connectivity index (χ0) is 23.6. The standard InChI is InChI=1S/C23H23F3N4O2S/c1-15-6-7-18(33-2)13-19(15)22(31)30-10-8-29(9-11-30)14-20-27-21(28-32-20)16-4-3-5-17(12-16)23(24,25)26/h3-7,12-13H,8-11,14H2,1-2H3. The highest BCUT2D eigenvalue weighted by Gasteiger charge is 2.31. The number of hydrogen-bond acceptors (Lipinski definition) is 6. The second kappa shape index (κ2) is 9.56. The number of aryl methyl sites for hydroxylation is 1. The van der Waals surface area contributed by atoms with Crippen molar-refractivity contribution in [2.75, 3.05) is 32.4 Å². The highest BCUT2D eigenvalue weighted by molar-refractivity contribution is 7.98. The minimum atomic E-state index is -4.44. The van der Waals surface area contributed by atoms with E-state index in [9.17, 15) is 18.0 Å². The zero-order valence-corrected chi connectivity index (χ0v) is 19.0. The molecule has 0 aliphatic carbocycles. The van der Waals surface area contributed by atoms with Crippen LogP contribution in [-0.2, 0) is 12.7 Å². The summed E-state index contributed by atoms with van der Waals surface area (Å²) in [6, 6.07) is 10.8. The highest BCUT2D eigenvalue weighted by Crippen LogP contribution is 2.31. The molecule has 1 fully saturated rings. The van der Waals surface area contributed by atoms with Crippen molar-refractivity contribution in [3.8, 4) is 11.4 Å². The lowest BCUT2D eigenvalue weighted by molar-refractivity contribution is -0.137. The molecule has 2 heterocycles. The number of piperazine rings is 1. The number of halogens is 3. The molecule has 3 aromatic rings. The summed E-state index contributed by atoms with van der Waals surface area (Å²) in [7, 11) is 0. The lowest BCUT2D eigenvalue weighted by Gasteiger charge is -2.34. The Morgan fingerprint density at radius 1 is 1.12 bits per heavy atom. The molecule has 0 saturated carbocycles. The molecule has 174 valence electrons. The second-order valence-electron chi connectivity index (χ2n) is 7.84. The van der Waals surface area contributed by atoms with Crippen molar-refractivity contribution in [3.05, 3.63) is 65.0 Å². The van der Waals surface area contributed by atoms with Crippen LogP contribution >= 0.6 is 11.8 Å². The molecule has 1 amide bonds. The molecular formula is C23H23F3N4O2S. The van der Waals surface area contributed by atoms with Crippen LogP contribution in [0, 0.1) is 6.92 Å². The molecule has 10 heteroatoms. The Balaban J connectivity index is 1.37. The van der Waals surface area contributed by atoms with E-state index in [4.69, 9.17) is 4.52 Å². The van der Waals surface area contributed by atoms with Crippen LogP contribution < -0.4 is 0 Å². The van der Waals surface area contributed by atoms with Crippen molar-refractivity contribution in [2.24, 2.45) is 0 Å². The van der Waals surface area contributed by atoms with E-state index in [1.54, 1.807) is 11.8 Å². The number of alkyl halides is 3. The molecule has 0 bridgehead atoms. The molecular weight excluding hydrogens is 453 g/mol. The van der Waals surface area contributed by atoms with E-state index in [1.807, 2.05) is 36.3 Å². The molecule has 33 heavy (non-hydrogen) atoms. The summed E-state index contributed by atoms with van der Waals surface area (Å²) in [6.45, 7) is 4.70. The molecule has 6 nitrogen and oxygen atoms in total. The smallest absolute Gasteiger partial charge is 0.338 e. The first kappa shape index (κ1) is 23.3. The molecule has 0 atom stereocenters. The fourth-order valence-corrected chi connectivity index (χ4v) is 4.14. The molecule has 0 unspecified atom stereocenters. The molecule has 0 spiro atoms. The van der Waals surface area contributed by atoms with E-state index >= 15 is 0 Å². The minimum absolute atomic E-state index is 0.0210. The van der Waals surface area contributed by atoms with E-state index < -0.39 is 11.7 Å². The summed E-state index contributed by atoms with van der Waals surface area (Å²) in [6.07, 6.45) is -2.46. The lowest BCUT2D eigenvalue weighted by Crippen LogP contribution is -2.48. The molecule has 1 aromatic heterocycles. The average Bonchev–Trinajstić information content (AvgIpc) is 3.27. The van der Waals surface area contributed by atoms with Crippen molar-refractivity contribution in [1.82, 2.24) is 19.9 Å². The third kappa shape index (κ3) is 5.39. The van der Waals surface area contributed by atoms with Crippen LogP contribution in [0.4, 0.5) is 13.2 Å². The van der Waals surface area contributed by atoms with Gasteiger partial charge in [-0.15, -0.1) is 11.8 Å². The van der Waals surface area contributed by atoms with Gasteiger partial charge in [0.2, 0.25) is 11.7 Å². The van der Waals surface area contributed by atoms with Gasteiger partial charge in [0.15, 0.2) is 0 Å². The number of carbonyl (C=O) groups excluding carboxylic acids is 1. The molecule has 1 aliphatic heterocycles. The zero-order valence-electron chi connectivity index (χ0n) is 18.2. The van der Waals surface area contributed by atoms with Gasteiger partial charge in [0.1, 0.15) is 0 Å². The Morgan fingerprint density at radius 2 is 1.88 bits per heavy atom. The van der Waals surface area contributed by atoms with Crippen LogP contribution in [0.15, 0.2) is 51.9 Å². The summed E-state index contributed by atoms with van der Waals surface area (Å²) >= 11 is 1.60. The van der Waals surface area contributed by atoms with Crippen LogP contribution in [-0.4, -0.2) is 58.3 Å². The van der Waals surface area contributed by atoms with Gasteiger partial charge in [-0.05, 0) is 43.0 Å². The fourth-order valence-electron chi connectivity index (χ4n) is 3.70. The number of benzene rings is 2. The quantitative estimate of drug-likeness (QED) is 0.496. The molecule has 0 N–H and O–H groups in total. The number of hydrogen-bond donors (Lipinski definition) is 0. The monoisotopic (exact) mass is 476 g/mol. The summed E-state index contributed by atoms with van der Waals surface area (Å²) in [5, 5.41) is 3.84. The number of aromatic nitrogens is 2. The van der Waals surface area contributed by atoms with Crippen molar-refractivity contribution in [1.29, 1.82) is 0 Å². The molecule has 2 aromatic carbocycles. The van der Waals surface area contributed by atoms with Crippen LogP contribution in [0.1, 0.15) is 27.4 Å². The Morgan fingerprint density at radius 3 is 2.58 bits per heavy atom. The van der Waals surface area contributed by atoms with Crippen molar-refractivity contribution in [2.45, 2.75) is 24.5 Å². The van der Waals surface area contributed by atoms with Crippen molar-refractivity contribution >= 4 is 17.7 Å². The van der Waals surface area contributed by atoms with E-state index in [0.29, 0.717) is 38.6 Å². The van der Waals surface area contributed by atoms with Gasteiger partial charge in [0.25, 0.3) is 5.91 Å². The van der Waals surface area contributed by atoms with Gasteiger partial charge in [0.05, 0.1) is 12.1 Å². The number of nitrogens with zero attached hydrogens (tertiary/aromatic N) is 4. The normalized spacial score (nSPS) is 15.1. The van der Waals surface area contributed by atoms with Gasteiger partial charge in [-0.25, -0.2) is 0 Å². The van der Waals surface area contributed by atoms with E-state index in [2.05, 4.69) is 15.0 Å². The third-order valence-electron chi connectivity index (χ3n) is 5.61. The maximum absolute atomic E-state index is 13.0. The van der Waals surface area contributed by atoms with Gasteiger partial charge >= 0.3 is 6.18 Å². The Kier molecular flexibility index (Phi) is 6.76. The number of amides is 1. The van der Waals surface area contributed by atoms with Gasteiger partial charge < -0.3 is 9.42 Å². The number of thioether (sulfide) groups is 1. The van der Waals surface area contributed by atoms with Gasteiger partial charge in [0, 0.05) is 42.2 Å².